The first-order chi connectivity index (χ1) is 10.8. The molecule has 1 aromatic heterocycles. The lowest BCUT2D eigenvalue weighted by Gasteiger charge is -2.18. The van der Waals surface area contributed by atoms with Crippen molar-refractivity contribution in [3.8, 4) is 0 Å². The first-order valence-electron chi connectivity index (χ1n) is 7.54. The quantitative estimate of drug-likeness (QED) is 0.943. The average molecular weight is 313 g/mol. The molecule has 23 heavy (non-hydrogen) atoms. The minimum absolute atomic E-state index is 0.0107. The van der Waals surface area contributed by atoms with Gasteiger partial charge in [0.1, 0.15) is 5.69 Å². The molecule has 0 atom stereocenters. The number of amides is 2. The molecule has 0 aliphatic heterocycles. The molecule has 5 nitrogen and oxygen atoms in total. The fourth-order valence-electron chi connectivity index (χ4n) is 2.72. The van der Waals surface area contributed by atoms with E-state index in [1.54, 1.807) is 37.0 Å². The van der Waals surface area contributed by atoms with Crippen LogP contribution in [0.5, 0.6) is 0 Å². The highest BCUT2D eigenvalue weighted by molar-refractivity contribution is 5.99. The van der Waals surface area contributed by atoms with Gasteiger partial charge in [-0.3, -0.25) is 9.59 Å². The summed E-state index contributed by atoms with van der Waals surface area (Å²) in [7, 11) is 3.43. The Bertz CT molecular complexity index is 723. The summed E-state index contributed by atoms with van der Waals surface area (Å²) in [6, 6.07) is 7.61. The molecule has 2 amide bonds. The number of carbonyl (C=O) groups is 2. The number of nitrogens with one attached hydrogen (secondary N) is 1. The molecule has 0 radical (unpaired) electrons. The molecule has 0 aliphatic rings. The maximum atomic E-state index is 12.3. The number of aryl methyl sites for hydroxylation is 4. The lowest BCUT2D eigenvalue weighted by Crippen LogP contribution is -2.35. The fourth-order valence-corrected chi connectivity index (χ4v) is 2.72. The van der Waals surface area contributed by atoms with Gasteiger partial charge >= 0.3 is 0 Å². The van der Waals surface area contributed by atoms with Crippen LogP contribution < -0.4 is 5.32 Å². The Morgan fingerprint density at radius 2 is 1.78 bits per heavy atom. The molecule has 0 aliphatic carbocycles. The lowest BCUT2D eigenvalue weighted by atomic mass is 10.1. The number of aromatic nitrogens is 1. The van der Waals surface area contributed by atoms with E-state index in [1.165, 1.54) is 4.90 Å². The van der Waals surface area contributed by atoms with Gasteiger partial charge in [-0.2, -0.15) is 0 Å². The van der Waals surface area contributed by atoms with Crippen molar-refractivity contribution in [3.63, 3.8) is 0 Å². The maximum Gasteiger partial charge on any atom is 0.270 e. The van der Waals surface area contributed by atoms with Crippen LogP contribution in [0.25, 0.3) is 0 Å². The van der Waals surface area contributed by atoms with Gasteiger partial charge in [-0.1, -0.05) is 17.7 Å². The SMILES string of the molecule is Cc1cc(C)c(NC(=O)CN(C)C(=O)c2cccn2C)c(C)c1. The fraction of sp³-hybridized carbons (Fsp3) is 0.333. The summed E-state index contributed by atoms with van der Waals surface area (Å²) in [5.41, 5.74) is 4.58. The molecule has 0 saturated carbocycles. The smallest absolute Gasteiger partial charge is 0.270 e. The van der Waals surface area contributed by atoms with Gasteiger partial charge in [0, 0.05) is 26.0 Å². The minimum Gasteiger partial charge on any atom is -0.347 e. The van der Waals surface area contributed by atoms with E-state index in [9.17, 15) is 9.59 Å². The molecule has 0 unspecified atom stereocenters. The third kappa shape index (κ3) is 3.80. The Kier molecular flexibility index (Phi) is 4.89. The molecule has 0 fully saturated rings. The number of rotatable bonds is 4. The molecule has 2 aromatic rings. The molecule has 2 rings (SSSR count). The topological polar surface area (TPSA) is 54.3 Å². The van der Waals surface area contributed by atoms with Crippen LogP contribution in [0.4, 0.5) is 5.69 Å². The Balaban J connectivity index is 2.05. The third-order valence-corrected chi connectivity index (χ3v) is 3.83. The predicted octanol–water partition coefficient (Wildman–Crippen LogP) is 2.66. The van der Waals surface area contributed by atoms with Crippen LogP contribution in [0.15, 0.2) is 30.5 Å². The number of likely N-dealkylation sites (N-methyl/N-ethyl adjacent to an activating group) is 1. The van der Waals surface area contributed by atoms with Crippen molar-refractivity contribution in [2.75, 3.05) is 18.9 Å². The summed E-state index contributed by atoms with van der Waals surface area (Å²) in [4.78, 5) is 26.0. The van der Waals surface area contributed by atoms with Crippen molar-refractivity contribution < 1.29 is 9.59 Å². The van der Waals surface area contributed by atoms with Crippen molar-refractivity contribution in [2.45, 2.75) is 20.8 Å². The number of benzene rings is 1. The molecule has 0 bridgehead atoms. The standard InChI is InChI=1S/C18H23N3O2/c1-12-9-13(2)17(14(3)10-12)19-16(22)11-21(5)18(23)15-7-6-8-20(15)4/h6-10H,11H2,1-5H3,(H,19,22). The van der Waals surface area contributed by atoms with Gasteiger partial charge in [0.25, 0.3) is 5.91 Å². The van der Waals surface area contributed by atoms with Gasteiger partial charge in [-0.15, -0.1) is 0 Å². The van der Waals surface area contributed by atoms with Crippen LogP contribution in [0.2, 0.25) is 0 Å². The molecule has 1 aromatic carbocycles. The monoisotopic (exact) mass is 313 g/mol. The second-order valence-corrected chi connectivity index (χ2v) is 5.99. The van der Waals surface area contributed by atoms with Crippen molar-refractivity contribution in [3.05, 3.63) is 52.8 Å². The summed E-state index contributed by atoms with van der Waals surface area (Å²) in [5.74, 6) is -0.380. The van der Waals surface area contributed by atoms with E-state index in [0.717, 1.165) is 22.4 Å². The Hall–Kier alpha value is -2.56. The number of hydrogen-bond donors (Lipinski definition) is 1. The van der Waals surface area contributed by atoms with Crippen LogP contribution in [0.1, 0.15) is 27.2 Å². The molecule has 122 valence electrons. The molecule has 5 heteroatoms. The highest BCUT2D eigenvalue weighted by Gasteiger charge is 2.17. The summed E-state index contributed by atoms with van der Waals surface area (Å²) < 4.78 is 1.74. The third-order valence-electron chi connectivity index (χ3n) is 3.83. The van der Waals surface area contributed by atoms with E-state index in [2.05, 4.69) is 5.32 Å². The van der Waals surface area contributed by atoms with Crippen molar-refractivity contribution in [2.24, 2.45) is 7.05 Å². The highest BCUT2D eigenvalue weighted by Crippen LogP contribution is 2.21. The number of hydrogen-bond acceptors (Lipinski definition) is 2. The van der Waals surface area contributed by atoms with Crippen LogP contribution in [-0.4, -0.2) is 34.9 Å². The van der Waals surface area contributed by atoms with E-state index in [-0.39, 0.29) is 18.4 Å². The zero-order valence-corrected chi connectivity index (χ0v) is 14.3. The predicted molar refractivity (Wildman–Crippen MR) is 91.7 cm³/mol. The second kappa shape index (κ2) is 6.69. The molecular formula is C18H23N3O2. The van der Waals surface area contributed by atoms with Crippen LogP contribution in [0.3, 0.4) is 0 Å². The first-order valence-corrected chi connectivity index (χ1v) is 7.54. The van der Waals surface area contributed by atoms with Crippen molar-refractivity contribution >= 4 is 17.5 Å². The van der Waals surface area contributed by atoms with E-state index < -0.39 is 0 Å². The highest BCUT2D eigenvalue weighted by atomic mass is 16.2. The van der Waals surface area contributed by atoms with Crippen molar-refractivity contribution in [1.29, 1.82) is 0 Å². The average Bonchev–Trinajstić information content (AvgIpc) is 2.88. The van der Waals surface area contributed by atoms with Gasteiger partial charge in [0.05, 0.1) is 6.54 Å². The van der Waals surface area contributed by atoms with E-state index in [0.29, 0.717) is 5.69 Å². The van der Waals surface area contributed by atoms with Gasteiger partial charge in [-0.05, 0) is 44.0 Å². The van der Waals surface area contributed by atoms with Crippen LogP contribution in [-0.2, 0) is 11.8 Å². The lowest BCUT2D eigenvalue weighted by molar-refractivity contribution is -0.116. The zero-order valence-electron chi connectivity index (χ0n) is 14.3. The molecule has 1 N–H and O–H groups in total. The van der Waals surface area contributed by atoms with E-state index >= 15 is 0 Å². The largest absolute Gasteiger partial charge is 0.347 e. The first kappa shape index (κ1) is 16.8. The Morgan fingerprint density at radius 1 is 1.17 bits per heavy atom. The van der Waals surface area contributed by atoms with Crippen molar-refractivity contribution in [1.82, 2.24) is 9.47 Å². The molecular weight excluding hydrogens is 290 g/mol. The van der Waals surface area contributed by atoms with Gasteiger partial charge in [0.15, 0.2) is 0 Å². The van der Waals surface area contributed by atoms with E-state index in [4.69, 9.17) is 0 Å². The summed E-state index contributed by atoms with van der Waals surface area (Å²) in [6.07, 6.45) is 1.81. The zero-order chi connectivity index (χ0) is 17.1. The van der Waals surface area contributed by atoms with Gasteiger partial charge < -0.3 is 14.8 Å². The number of anilines is 1. The summed E-state index contributed by atoms with van der Waals surface area (Å²) in [6.45, 7) is 5.97. The minimum atomic E-state index is -0.204. The molecule has 0 saturated heterocycles. The van der Waals surface area contributed by atoms with E-state index in [1.807, 2.05) is 32.9 Å². The Morgan fingerprint density at radius 3 is 2.30 bits per heavy atom. The Labute approximate surface area is 136 Å². The van der Waals surface area contributed by atoms with Gasteiger partial charge in [0.2, 0.25) is 5.91 Å². The summed E-state index contributed by atoms with van der Waals surface area (Å²) in [5, 5.41) is 2.91. The van der Waals surface area contributed by atoms with Crippen LogP contribution in [0, 0.1) is 20.8 Å². The molecule has 1 heterocycles. The normalized spacial score (nSPS) is 10.5. The van der Waals surface area contributed by atoms with Crippen LogP contribution >= 0.6 is 0 Å². The molecule has 0 spiro atoms. The number of carbonyl (C=O) groups excluding carboxylic acids is 2. The van der Waals surface area contributed by atoms with Gasteiger partial charge in [-0.25, -0.2) is 0 Å². The summed E-state index contributed by atoms with van der Waals surface area (Å²) >= 11 is 0. The number of nitrogens with zero attached hydrogens (tertiary/aromatic N) is 2. The second-order valence-electron chi connectivity index (χ2n) is 5.99. The maximum absolute atomic E-state index is 12.3.